The van der Waals surface area contributed by atoms with Gasteiger partial charge in [-0.2, -0.15) is 0 Å². The van der Waals surface area contributed by atoms with Gasteiger partial charge in [0.05, 0.1) is 23.5 Å². The minimum Gasteiger partial charge on any atom is -0.336 e. The summed E-state index contributed by atoms with van der Waals surface area (Å²) < 4.78 is 0. The molecule has 2 N–H and O–H groups in total. The first kappa shape index (κ1) is 40.0. The summed E-state index contributed by atoms with van der Waals surface area (Å²) in [6, 6.07) is 24.0. The van der Waals surface area contributed by atoms with Gasteiger partial charge in [0.25, 0.3) is 5.91 Å². The van der Waals surface area contributed by atoms with Crippen LogP contribution in [0.2, 0.25) is 5.02 Å². The van der Waals surface area contributed by atoms with Crippen molar-refractivity contribution in [1.82, 2.24) is 34.9 Å². The van der Waals surface area contributed by atoms with Crippen molar-refractivity contribution in [2.24, 2.45) is 5.92 Å². The number of carbonyl (C=O) groups excluding carboxylic acids is 4. The maximum Gasteiger partial charge on any atom is 0.255 e. The first-order valence-electron chi connectivity index (χ1n) is 21.4. The third-order valence-corrected chi connectivity index (χ3v) is 13.3. The van der Waals surface area contributed by atoms with Crippen molar-refractivity contribution in [1.29, 1.82) is 0 Å². The topological polar surface area (TPSA) is 131 Å². The molecule has 1 aromatic heterocycles. The molecule has 0 bridgehead atoms. The highest BCUT2D eigenvalue weighted by molar-refractivity contribution is 6.33. The number of piperidine rings is 3. The fourth-order valence-corrected chi connectivity index (χ4v) is 9.76. The number of nitrogens with one attached hydrogen (secondary N) is 2. The van der Waals surface area contributed by atoms with Crippen LogP contribution in [0.3, 0.4) is 0 Å². The fraction of sp³-hybridized carbons (Fsp3) is 0.404. The summed E-state index contributed by atoms with van der Waals surface area (Å²) in [4.78, 5) is 69.0. The molecule has 1 atom stereocenters. The van der Waals surface area contributed by atoms with Gasteiger partial charge in [0.2, 0.25) is 23.7 Å². The van der Waals surface area contributed by atoms with Gasteiger partial charge in [-0.05, 0) is 105 Å². The van der Waals surface area contributed by atoms with Crippen LogP contribution in [0.1, 0.15) is 72.3 Å². The summed E-state index contributed by atoms with van der Waals surface area (Å²) in [7, 11) is 0. The monoisotopic (exact) mass is 826 g/mol. The van der Waals surface area contributed by atoms with Crippen molar-refractivity contribution in [2.75, 3.05) is 57.7 Å². The smallest absolute Gasteiger partial charge is 0.255 e. The van der Waals surface area contributed by atoms with Crippen LogP contribution in [-0.2, 0) is 20.9 Å². The zero-order valence-electron chi connectivity index (χ0n) is 33.8. The molecule has 6 heterocycles. The van der Waals surface area contributed by atoms with Crippen LogP contribution in [0.4, 0.5) is 5.95 Å². The number of hydrogen-bond donors (Lipinski definition) is 2. The zero-order chi connectivity index (χ0) is 41.2. The molecular weight excluding hydrogens is 776 g/mol. The van der Waals surface area contributed by atoms with Gasteiger partial charge in [-0.15, -0.1) is 0 Å². The lowest BCUT2D eigenvalue weighted by Crippen LogP contribution is -2.52. The van der Waals surface area contributed by atoms with E-state index in [2.05, 4.69) is 67.9 Å². The van der Waals surface area contributed by atoms with Crippen molar-refractivity contribution in [3.63, 3.8) is 0 Å². The Morgan fingerprint density at radius 1 is 0.800 bits per heavy atom. The number of fused-ring (bicyclic) bond motifs is 1. The molecule has 3 fully saturated rings. The Morgan fingerprint density at radius 3 is 2.30 bits per heavy atom. The summed E-state index contributed by atoms with van der Waals surface area (Å²) in [5, 5.41) is 6.25. The number of amides is 4. The number of nitrogens with zero attached hydrogens (tertiary/aromatic N) is 6. The second-order valence-electron chi connectivity index (χ2n) is 16.8. The van der Waals surface area contributed by atoms with Crippen LogP contribution in [0.5, 0.6) is 0 Å². The van der Waals surface area contributed by atoms with Gasteiger partial charge in [0, 0.05) is 55.3 Å². The number of hydrogen-bond acceptors (Lipinski definition) is 9. The predicted molar refractivity (Wildman–Crippen MR) is 231 cm³/mol. The van der Waals surface area contributed by atoms with E-state index in [0.29, 0.717) is 54.2 Å². The fourth-order valence-electron chi connectivity index (χ4n) is 9.56. The second kappa shape index (κ2) is 17.7. The van der Waals surface area contributed by atoms with Crippen LogP contribution in [0.25, 0.3) is 22.4 Å². The average molecular weight is 827 g/mol. The van der Waals surface area contributed by atoms with Crippen molar-refractivity contribution in [2.45, 2.75) is 63.5 Å². The molecule has 12 nitrogen and oxygen atoms in total. The molecule has 5 aliphatic heterocycles. The third-order valence-electron chi connectivity index (χ3n) is 13.0. The Labute approximate surface area is 356 Å². The number of rotatable bonds is 10. The van der Waals surface area contributed by atoms with E-state index in [1.807, 2.05) is 41.3 Å². The molecule has 5 aliphatic rings. The average Bonchev–Trinajstić information content (AvgIpc) is 3.61. The minimum atomic E-state index is -0.591. The Hall–Kier alpha value is -5.43. The molecule has 4 aromatic rings. The van der Waals surface area contributed by atoms with Crippen molar-refractivity contribution in [3.8, 4) is 22.4 Å². The number of likely N-dealkylation sites (tertiary alicyclic amines) is 2. The van der Waals surface area contributed by atoms with Gasteiger partial charge >= 0.3 is 0 Å². The Balaban J connectivity index is 0.715. The Bertz CT molecular complexity index is 2300. The van der Waals surface area contributed by atoms with Gasteiger partial charge in [-0.1, -0.05) is 78.3 Å². The lowest BCUT2D eigenvalue weighted by Gasteiger charge is -2.37. The van der Waals surface area contributed by atoms with E-state index < -0.39 is 6.04 Å². The van der Waals surface area contributed by atoms with E-state index in [9.17, 15) is 19.2 Å². The number of halogens is 1. The molecule has 3 aromatic carbocycles. The number of imide groups is 1. The summed E-state index contributed by atoms with van der Waals surface area (Å²) in [5.41, 5.74) is 7.60. The molecule has 9 rings (SSSR count). The number of aromatic nitrogens is 2. The van der Waals surface area contributed by atoms with E-state index in [1.54, 1.807) is 11.1 Å². The quantitative estimate of drug-likeness (QED) is 0.176. The van der Waals surface area contributed by atoms with Gasteiger partial charge < -0.3 is 24.9 Å². The Kier molecular flexibility index (Phi) is 11.8. The Morgan fingerprint density at radius 2 is 1.53 bits per heavy atom. The highest BCUT2D eigenvalue weighted by Crippen LogP contribution is 2.35. The molecule has 0 saturated carbocycles. The molecule has 310 valence electrons. The van der Waals surface area contributed by atoms with Crippen LogP contribution in [0, 0.1) is 5.92 Å². The van der Waals surface area contributed by atoms with Crippen molar-refractivity contribution in [3.05, 3.63) is 112 Å². The maximum absolute atomic E-state index is 13.8. The second-order valence-corrected chi connectivity index (χ2v) is 17.2. The highest BCUT2D eigenvalue weighted by Gasteiger charge is 2.39. The third kappa shape index (κ3) is 8.73. The van der Waals surface area contributed by atoms with E-state index in [0.717, 1.165) is 99.3 Å². The normalized spacial score (nSPS) is 20.9. The van der Waals surface area contributed by atoms with Crippen LogP contribution >= 0.6 is 11.6 Å². The van der Waals surface area contributed by atoms with Gasteiger partial charge in [-0.25, -0.2) is 9.97 Å². The molecule has 4 amide bonds. The largest absolute Gasteiger partial charge is 0.336 e. The SMILES string of the molecule is O=C1CCC(N2Cc3cc(C4CCN(CCN5CCC(C(=O)N6CCC=C(Nc7ncc(Cl)c(-c8cccc(-c9ccccc9)c8)n7)C6)CC5)CC4)ccc3C2=O)C(=O)N1. The van der Waals surface area contributed by atoms with Gasteiger partial charge in [0.15, 0.2) is 0 Å². The molecule has 1 unspecified atom stereocenters. The van der Waals surface area contributed by atoms with Gasteiger partial charge in [0.1, 0.15) is 6.04 Å². The summed E-state index contributed by atoms with van der Waals surface area (Å²) in [6.45, 7) is 7.56. The van der Waals surface area contributed by atoms with Crippen molar-refractivity contribution >= 4 is 41.2 Å². The van der Waals surface area contributed by atoms with E-state index in [1.165, 1.54) is 5.56 Å². The van der Waals surface area contributed by atoms with Gasteiger partial charge in [-0.3, -0.25) is 24.5 Å². The number of anilines is 1. The van der Waals surface area contributed by atoms with Crippen LogP contribution in [-0.4, -0.2) is 112 Å². The predicted octanol–water partition coefficient (Wildman–Crippen LogP) is 6.34. The molecule has 0 radical (unpaired) electrons. The lowest BCUT2D eigenvalue weighted by atomic mass is 9.88. The van der Waals surface area contributed by atoms with E-state index in [4.69, 9.17) is 16.6 Å². The summed E-state index contributed by atoms with van der Waals surface area (Å²) in [5.74, 6) is 0.389. The lowest BCUT2D eigenvalue weighted by molar-refractivity contribution is -0.137. The molecule has 0 aliphatic carbocycles. The molecule has 0 spiro atoms. The molecule has 3 saturated heterocycles. The highest BCUT2D eigenvalue weighted by atomic mass is 35.5. The molecular formula is C47H51ClN8O4. The standard InChI is InChI=1S/C47H51ClN8O4/c48-40-28-49-47(52-43(40)36-9-4-8-34(26-36)31-6-2-1-3-7-31)50-38-10-5-19-55(30-38)45(59)33-17-22-54(23-18-33)25-24-53-20-15-32(16-21-53)35-11-12-39-37(27-35)29-56(46(39)60)41-13-14-42(57)51-44(41)58/h1-4,6-12,26-28,32-33,41H,5,13-25,29-30H2,(H,49,50,52)(H,51,57,58). The summed E-state index contributed by atoms with van der Waals surface area (Å²) in [6.07, 6.45) is 9.05. The van der Waals surface area contributed by atoms with Crippen LogP contribution in [0.15, 0.2) is 90.8 Å². The maximum atomic E-state index is 13.8. The minimum absolute atomic E-state index is 0.0327. The molecule has 60 heavy (non-hydrogen) atoms. The zero-order valence-corrected chi connectivity index (χ0v) is 34.6. The first-order valence-corrected chi connectivity index (χ1v) is 21.8. The summed E-state index contributed by atoms with van der Waals surface area (Å²) >= 11 is 6.61. The number of benzene rings is 3. The van der Waals surface area contributed by atoms with Crippen molar-refractivity contribution < 1.29 is 19.2 Å². The van der Waals surface area contributed by atoms with E-state index in [-0.39, 0.29) is 36.0 Å². The first-order chi connectivity index (χ1) is 29.3. The number of carbonyl (C=O) groups is 4. The van der Waals surface area contributed by atoms with Crippen LogP contribution < -0.4 is 10.6 Å². The van der Waals surface area contributed by atoms with E-state index >= 15 is 0 Å². The molecule has 13 heteroatoms.